The number of hydrogen-bond acceptors (Lipinski definition) is 7. The van der Waals surface area contributed by atoms with Crippen LogP contribution in [0.5, 0.6) is 0 Å². The molecule has 7 heteroatoms. The van der Waals surface area contributed by atoms with E-state index >= 15 is 0 Å². The fourth-order valence-electron chi connectivity index (χ4n) is 9.01. The van der Waals surface area contributed by atoms with Crippen LogP contribution in [0.25, 0.3) is 0 Å². The van der Waals surface area contributed by atoms with Gasteiger partial charge in [-0.15, -0.1) is 0 Å². The number of unbranched alkanes of at least 4 members (excludes halogenated alkanes) is 26. The summed E-state index contributed by atoms with van der Waals surface area (Å²) in [5.41, 5.74) is 1.51. The van der Waals surface area contributed by atoms with Crippen molar-refractivity contribution in [1.29, 1.82) is 0 Å². The maximum Gasteiger partial charge on any atom is 0.341 e. The van der Waals surface area contributed by atoms with Crippen molar-refractivity contribution in [2.24, 2.45) is 23.7 Å². The van der Waals surface area contributed by atoms with E-state index in [2.05, 4.69) is 13.8 Å². The average molecular weight is 757 g/mol. The third kappa shape index (κ3) is 16.7. The van der Waals surface area contributed by atoms with Gasteiger partial charge < -0.3 is 14.2 Å². The summed E-state index contributed by atoms with van der Waals surface area (Å²) in [6.45, 7) is 4.52. The lowest BCUT2D eigenvalue weighted by molar-refractivity contribution is -0.153. The van der Waals surface area contributed by atoms with Crippen molar-refractivity contribution in [2.75, 3.05) is 21.3 Å². The van der Waals surface area contributed by atoms with Crippen LogP contribution < -0.4 is 0 Å². The summed E-state index contributed by atoms with van der Waals surface area (Å²) in [6, 6.07) is 0. The lowest BCUT2D eigenvalue weighted by Crippen LogP contribution is -2.43. The first-order chi connectivity index (χ1) is 26.4. The van der Waals surface area contributed by atoms with Gasteiger partial charge in [-0.25, -0.2) is 4.79 Å². The van der Waals surface area contributed by atoms with E-state index in [9.17, 15) is 19.2 Å². The quantitative estimate of drug-likeness (QED) is 0.0216. The van der Waals surface area contributed by atoms with Crippen molar-refractivity contribution in [3.8, 4) is 0 Å². The lowest BCUT2D eigenvalue weighted by Gasteiger charge is -2.37. The summed E-state index contributed by atoms with van der Waals surface area (Å²) >= 11 is 0. The molecule has 0 N–H and O–H groups in total. The number of esters is 3. The molecule has 0 aromatic rings. The molecule has 0 fully saturated rings. The molecule has 310 valence electrons. The second-order valence-electron chi connectivity index (χ2n) is 16.3. The van der Waals surface area contributed by atoms with Crippen molar-refractivity contribution >= 4 is 23.7 Å². The van der Waals surface area contributed by atoms with Crippen LogP contribution in [0.1, 0.15) is 206 Å². The fraction of sp³-hybridized carbons (Fsp3) is 0.830. The van der Waals surface area contributed by atoms with Gasteiger partial charge in [-0.3, -0.25) is 14.4 Å². The van der Waals surface area contributed by atoms with Gasteiger partial charge in [0.1, 0.15) is 5.57 Å². The Kier molecular flexibility index (Phi) is 26.3. The molecule has 4 atom stereocenters. The number of hydrogen-bond donors (Lipinski definition) is 0. The van der Waals surface area contributed by atoms with Gasteiger partial charge in [0.25, 0.3) is 0 Å². The van der Waals surface area contributed by atoms with E-state index in [1.165, 1.54) is 163 Å². The molecule has 0 heterocycles. The molecule has 54 heavy (non-hydrogen) atoms. The largest absolute Gasteiger partial charge is 0.469 e. The molecular weight excluding hydrogens is 677 g/mol. The number of methoxy groups -OCH3 is 3. The third-order valence-corrected chi connectivity index (χ3v) is 12.1. The zero-order valence-corrected chi connectivity index (χ0v) is 35.5. The summed E-state index contributed by atoms with van der Waals surface area (Å²) in [5, 5.41) is 0. The van der Waals surface area contributed by atoms with E-state index in [-0.39, 0.29) is 5.57 Å². The number of fused-ring (bicyclic) bond motifs is 1. The number of carbonyl (C=O) groups is 4. The van der Waals surface area contributed by atoms with E-state index in [4.69, 9.17) is 14.2 Å². The van der Waals surface area contributed by atoms with E-state index in [1.807, 2.05) is 0 Å². The van der Waals surface area contributed by atoms with Crippen molar-refractivity contribution in [2.45, 2.75) is 206 Å². The van der Waals surface area contributed by atoms with Crippen LogP contribution in [-0.4, -0.2) is 45.0 Å². The molecule has 0 amide bonds. The molecule has 0 aliphatic heterocycles. The monoisotopic (exact) mass is 757 g/mol. The van der Waals surface area contributed by atoms with Gasteiger partial charge in [0.2, 0.25) is 0 Å². The highest BCUT2D eigenvalue weighted by Crippen LogP contribution is 2.52. The lowest BCUT2D eigenvalue weighted by atomic mass is 9.65. The van der Waals surface area contributed by atoms with Crippen LogP contribution in [0.15, 0.2) is 22.8 Å². The van der Waals surface area contributed by atoms with Gasteiger partial charge in [0.15, 0.2) is 5.78 Å². The van der Waals surface area contributed by atoms with Crippen LogP contribution in [-0.2, 0) is 33.4 Å². The maximum atomic E-state index is 14.0. The van der Waals surface area contributed by atoms with E-state index < -0.39 is 47.4 Å². The first-order valence-corrected chi connectivity index (χ1v) is 22.6. The second-order valence-corrected chi connectivity index (χ2v) is 16.3. The number of carbonyl (C=O) groups excluding carboxylic acids is 4. The molecule has 0 spiro atoms. The van der Waals surface area contributed by atoms with Crippen molar-refractivity contribution in [3.05, 3.63) is 22.8 Å². The minimum absolute atomic E-state index is 0.0242. The molecule has 0 saturated heterocycles. The predicted molar refractivity (Wildman–Crippen MR) is 220 cm³/mol. The second kappa shape index (κ2) is 29.8. The predicted octanol–water partition coefficient (Wildman–Crippen LogP) is 12.5. The molecule has 2 aliphatic carbocycles. The van der Waals surface area contributed by atoms with Crippen molar-refractivity contribution in [3.63, 3.8) is 0 Å². The number of ether oxygens (including phenoxy) is 3. The minimum Gasteiger partial charge on any atom is -0.469 e. The summed E-state index contributed by atoms with van der Waals surface area (Å²) in [5.74, 6) is -5.09. The molecule has 7 nitrogen and oxygen atoms in total. The standard InChI is InChI=1S/C47H80O7/c1-6-8-10-12-14-16-18-20-22-24-26-28-30-32-34-37-36-39(45(49)52-3)42-41(40(37)46(50)53-4)38(43(44(42)48)47(51)54-5)35-33-31-29-27-25-23-21-19-17-15-13-11-9-7-2/h36,39-42H,6-35H2,1-5H3/t39-,40-,41+,42-/m1/s1. The maximum absolute atomic E-state index is 14.0. The Hall–Kier alpha value is -2.44. The average Bonchev–Trinajstić information content (AvgIpc) is 3.47. The van der Waals surface area contributed by atoms with Crippen LogP contribution >= 0.6 is 0 Å². The SMILES string of the molecule is CCCCCCCCCCCCCCCCC1=C[C@@H](C(=O)OC)[C@H]2C(=O)C(C(=O)OC)=C(CCCCCCCCCCCCCCCC)[C@H]2[C@@H]1C(=O)OC. The van der Waals surface area contributed by atoms with Gasteiger partial charge in [-0.2, -0.15) is 0 Å². The van der Waals surface area contributed by atoms with Crippen LogP contribution in [0.2, 0.25) is 0 Å². The summed E-state index contributed by atoms with van der Waals surface area (Å²) < 4.78 is 15.7. The Morgan fingerprint density at radius 2 is 0.852 bits per heavy atom. The number of allylic oxidation sites excluding steroid dienone is 1. The number of rotatable bonds is 33. The molecule has 0 saturated carbocycles. The Labute approximate surface area is 330 Å². The zero-order chi connectivity index (χ0) is 39.4. The Balaban J connectivity index is 1.97. The van der Waals surface area contributed by atoms with E-state index in [0.717, 1.165) is 44.1 Å². The molecule has 0 bridgehead atoms. The topological polar surface area (TPSA) is 96.0 Å². The van der Waals surface area contributed by atoms with Crippen LogP contribution in [0, 0.1) is 23.7 Å². The van der Waals surface area contributed by atoms with Gasteiger partial charge in [0.05, 0.1) is 33.2 Å². The van der Waals surface area contributed by atoms with Crippen molar-refractivity contribution < 1.29 is 33.4 Å². The molecule has 2 rings (SSSR count). The Bertz CT molecular complexity index is 1140. The van der Waals surface area contributed by atoms with Gasteiger partial charge in [-0.05, 0) is 31.3 Å². The first-order valence-electron chi connectivity index (χ1n) is 22.6. The van der Waals surface area contributed by atoms with Gasteiger partial charge in [0, 0.05) is 11.8 Å². The molecular formula is C47H80O7. The molecule has 0 unspecified atom stereocenters. The highest BCUT2D eigenvalue weighted by molar-refractivity contribution is 6.22. The first kappa shape index (κ1) is 47.7. The highest BCUT2D eigenvalue weighted by atomic mass is 16.5. The normalized spacial score (nSPS) is 19.5. The summed E-state index contributed by atoms with van der Waals surface area (Å²) in [6.07, 6.45) is 37.9. The molecule has 0 aromatic carbocycles. The minimum atomic E-state index is -0.877. The van der Waals surface area contributed by atoms with Gasteiger partial charge in [-0.1, -0.05) is 192 Å². The molecule has 0 aromatic heterocycles. The Morgan fingerprint density at radius 1 is 0.481 bits per heavy atom. The number of Topliss-reactive ketones (excluding diaryl/α,β-unsaturated/α-hetero) is 1. The van der Waals surface area contributed by atoms with Crippen molar-refractivity contribution in [1.82, 2.24) is 0 Å². The third-order valence-electron chi connectivity index (χ3n) is 12.1. The Morgan fingerprint density at radius 3 is 1.22 bits per heavy atom. The highest BCUT2D eigenvalue weighted by Gasteiger charge is 2.57. The number of ketones is 1. The smallest absolute Gasteiger partial charge is 0.341 e. The summed E-state index contributed by atoms with van der Waals surface area (Å²) in [7, 11) is 3.99. The van der Waals surface area contributed by atoms with E-state index in [1.54, 1.807) is 6.08 Å². The molecule has 2 aliphatic rings. The zero-order valence-electron chi connectivity index (χ0n) is 35.5. The van der Waals surface area contributed by atoms with Gasteiger partial charge >= 0.3 is 17.9 Å². The molecule has 0 radical (unpaired) electrons. The fourth-order valence-corrected chi connectivity index (χ4v) is 9.01. The van der Waals surface area contributed by atoms with Crippen LogP contribution in [0.3, 0.4) is 0 Å². The van der Waals surface area contributed by atoms with E-state index in [0.29, 0.717) is 18.4 Å². The summed E-state index contributed by atoms with van der Waals surface area (Å²) in [4.78, 5) is 54.0. The van der Waals surface area contributed by atoms with Crippen LogP contribution in [0.4, 0.5) is 0 Å².